The van der Waals surface area contributed by atoms with Crippen molar-refractivity contribution in [3.05, 3.63) is 17.8 Å². The van der Waals surface area contributed by atoms with Gasteiger partial charge in [0.05, 0.1) is 25.4 Å². The lowest BCUT2D eigenvalue weighted by molar-refractivity contribution is 0.254. The summed E-state index contributed by atoms with van der Waals surface area (Å²) in [5.74, 6) is 2.76. The first kappa shape index (κ1) is 19.2. The highest BCUT2D eigenvalue weighted by molar-refractivity contribution is 5.86. The van der Waals surface area contributed by atoms with E-state index in [1.165, 1.54) is 31.4 Å². The van der Waals surface area contributed by atoms with Crippen LogP contribution in [0.25, 0.3) is 10.9 Å². The van der Waals surface area contributed by atoms with Crippen LogP contribution in [0.5, 0.6) is 11.5 Å². The molecule has 6 heteroatoms. The van der Waals surface area contributed by atoms with Gasteiger partial charge in [-0.25, -0.2) is 9.97 Å². The number of rotatable bonds is 5. The van der Waals surface area contributed by atoms with Crippen molar-refractivity contribution in [2.24, 2.45) is 0 Å². The molecule has 6 nitrogen and oxygen atoms in total. The maximum absolute atomic E-state index is 5.56. The van der Waals surface area contributed by atoms with Gasteiger partial charge < -0.3 is 19.3 Å². The average molecular weight is 385 g/mol. The number of fused-ring (bicyclic) bond motifs is 1. The van der Waals surface area contributed by atoms with Crippen LogP contribution in [0.15, 0.2) is 12.1 Å². The van der Waals surface area contributed by atoms with Gasteiger partial charge in [0, 0.05) is 30.5 Å². The smallest absolute Gasteiger partial charge is 0.226 e. The predicted octanol–water partition coefficient (Wildman–Crippen LogP) is 3.84. The largest absolute Gasteiger partial charge is 0.493 e. The van der Waals surface area contributed by atoms with Crippen molar-refractivity contribution in [1.82, 2.24) is 14.9 Å². The molecule has 152 valence electrons. The van der Waals surface area contributed by atoms with Crippen LogP contribution in [0.4, 0.5) is 5.95 Å². The summed E-state index contributed by atoms with van der Waals surface area (Å²) in [6.07, 6.45) is 7.32. The lowest BCUT2D eigenvalue weighted by atomic mass is 9.91. The molecule has 1 aromatic carbocycles. The minimum atomic E-state index is 0.454. The first-order valence-corrected chi connectivity index (χ1v) is 10.5. The highest BCUT2D eigenvalue weighted by Gasteiger charge is 2.27. The molecule has 4 rings (SSSR count). The van der Waals surface area contributed by atoms with Gasteiger partial charge in [0.1, 0.15) is 0 Å². The molecule has 2 aliphatic rings. The molecule has 0 radical (unpaired) electrons. The normalized spacial score (nSPS) is 19.3. The van der Waals surface area contributed by atoms with Gasteiger partial charge in [0.15, 0.2) is 11.5 Å². The Balaban J connectivity index is 1.82. The Kier molecular flexibility index (Phi) is 5.58. The number of hydrogen-bond acceptors (Lipinski definition) is 6. The molecule has 2 aromatic rings. The van der Waals surface area contributed by atoms with Crippen LogP contribution in [0.1, 0.15) is 50.1 Å². The second-order valence-electron chi connectivity index (χ2n) is 8.26. The molecule has 1 aliphatic heterocycles. The van der Waals surface area contributed by atoms with Crippen molar-refractivity contribution in [2.75, 3.05) is 46.3 Å². The molecule has 0 atom stereocenters. The molecule has 0 spiro atoms. The van der Waals surface area contributed by atoms with Crippen molar-refractivity contribution >= 4 is 16.9 Å². The summed E-state index contributed by atoms with van der Waals surface area (Å²) >= 11 is 0. The van der Waals surface area contributed by atoms with Gasteiger partial charge in [0.2, 0.25) is 5.95 Å². The fraction of sp³-hybridized carbons (Fsp3) is 0.636. The summed E-state index contributed by atoms with van der Waals surface area (Å²) in [5.41, 5.74) is 2.11. The molecule has 0 unspecified atom stereocenters. The number of nitrogens with zero attached hydrogens (tertiary/aromatic N) is 4. The Bertz CT molecular complexity index is 827. The number of hydrogen-bond donors (Lipinski definition) is 0. The van der Waals surface area contributed by atoms with Crippen molar-refractivity contribution in [3.8, 4) is 11.5 Å². The van der Waals surface area contributed by atoms with Crippen molar-refractivity contribution in [1.29, 1.82) is 0 Å². The minimum absolute atomic E-state index is 0.454. The van der Waals surface area contributed by atoms with E-state index in [1.807, 2.05) is 6.07 Å². The summed E-state index contributed by atoms with van der Waals surface area (Å²) < 4.78 is 11.1. The molecule has 28 heavy (non-hydrogen) atoms. The van der Waals surface area contributed by atoms with Gasteiger partial charge in [-0.3, -0.25) is 0 Å². The van der Waals surface area contributed by atoms with Crippen LogP contribution < -0.4 is 14.4 Å². The zero-order valence-electron chi connectivity index (χ0n) is 17.6. The number of piperidine rings is 1. The molecule has 1 aromatic heterocycles. The zero-order valence-corrected chi connectivity index (χ0v) is 17.6. The number of aromatic nitrogens is 2. The summed E-state index contributed by atoms with van der Waals surface area (Å²) in [5, 5.41) is 1.09. The maximum atomic E-state index is 5.56. The molecular formula is C22H32N4O2. The van der Waals surface area contributed by atoms with Crippen LogP contribution in [0, 0.1) is 0 Å². The van der Waals surface area contributed by atoms with Gasteiger partial charge >= 0.3 is 0 Å². The summed E-state index contributed by atoms with van der Waals surface area (Å²) in [7, 11) is 7.70. The molecule has 1 saturated heterocycles. The molecule has 0 N–H and O–H groups in total. The highest BCUT2D eigenvalue weighted by atomic mass is 16.5. The van der Waals surface area contributed by atoms with Crippen molar-refractivity contribution in [3.63, 3.8) is 0 Å². The van der Waals surface area contributed by atoms with Crippen LogP contribution in [0.3, 0.4) is 0 Å². The molecule has 1 aliphatic carbocycles. The number of benzene rings is 1. The lowest BCUT2D eigenvalue weighted by Gasteiger charge is -2.31. The standard InChI is InChI=1S/C22H32N4O2/c1-25-11-9-15(10-12-25)21-17-13-19(27-3)20(28-4)14-18(17)23-22(24-21)26(2)16-7-5-6-8-16/h13-16H,5-12H2,1-4H3. The van der Waals surface area contributed by atoms with E-state index in [-0.39, 0.29) is 0 Å². The van der Waals surface area contributed by atoms with Gasteiger partial charge in [-0.05, 0) is 51.9 Å². The molecule has 1 saturated carbocycles. The fourth-order valence-electron chi connectivity index (χ4n) is 4.67. The Morgan fingerprint density at radius 1 is 0.964 bits per heavy atom. The third-order valence-electron chi connectivity index (χ3n) is 6.51. The molecule has 0 bridgehead atoms. The number of ether oxygens (including phenoxy) is 2. The van der Waals surface area contributed by atoms with Gasteiger partial charge in [-0.2, -0.15) is 0 Å². The molecule has 2 heterocycles. The first-order chi connectivity index (χ1) is 13.6. The third-order valence-corrected chi connectivity index (χ3v) is 6.51. The van der Waals surface area contributed by atoms with Gasteiger partial charge in [-0.15, -0.1) is 0 Å². The molecule has 2 fully saturated rings. The second-order valence-corrected chi connectivity index (χ2v) is 8.26. The Morgan fingerprint density at radius 3 is 2.25 bits per heavy atom. The van der Waals surface area contributed by atoms with Crippen LogP contribution >= 0.6 is 0 Å². The first-order valence-electron chi connectivity index (χ1n) is 10.5. The van der Waals surface area contributed by atoms with Gasteiger partial charge in [0.25, 0.3) is 0 Å². The molecule has 0 amide bonds. The maximum Gasteiger partial charge on any atom is 0.226 e. The van der Waals surface area contributed by atoms with Crippen LogP contribution in [-0.4, -0.2) is 62.3 Å². The van der Waals surface area contributed by atoms with Gasteiger partial charge in [-0.1, -0.05) is 12.8 Å². The lowest BCUT2D eigenvalue weighted by Crippen LogP contribution is -2.32. The van der Waals surface area contributed by atoms with Crippen molar-refractivity contribution < 1.29 is 9.47 Å². The Labute approximate surface area is 167 Å². The van der Waals surface area contributed by atoms with E-state index >= 15 is 0 Å². The van der Waals surface area contributed by atoms with E-state index in [2.05, 4.69) is 30.0 Å². The van der Waals surface area contributed by atoms with Crippen molar-refractivity contribution in [2.45, 2.75) is 50.5 Å². The van der Waals surface area contributed by atoms with E-state index in [0.717, 1.165) is 54.3 Å². The minimum Gasteiger partial charge on any atom is -0.493 e. The fourth-order valence-corrected chi connectivity index (χ4v) is 4.67. The molecular weight excluding hydrogens is 352 g/mol. The Hall–Kier alpha value is -2.08. The summed E-state index contributed by atoms with van der Waals surface area (Å²) in [6, 6.07) is 4.60. The quantitative estimate of drug-likeness (QED) is 0.781. The van der Waals surface area contributed by atoms with Crippen LogP contribution in [0.2, 0.25) is 0 Å². The summed E-state index contributed by atoms with van der Waals surface area (Å²) in [4.78, 5) is 14.8. The monoisotopic (exact) mass is 384 g/mol. The average Bonchev–Trinajstić information content (AvgIpc) is 3.26. The van der Waals surface area contributed by atoms with E-state index in [0.29, 0.717) is 12.0 Å². The zero-order chi connectivity index (χ0) is 19.7. The van der Waals surface area contributed by atoms with Crippen LogP contribution in [-0.2, 0) is 0 Å². The number of anilines is 1. The van der Waals surface area contributed by atoms with E-state index < -0.39 is 0 Å². The topological polar surface area (TPSA) is 50.7 Å². The van der Waals surface area contributed by atoms with E-state index in [9.17, 15) is 0 Å². The third kappa shape index (κ3) is 3.62. The second kappa shape index (κ2) is 8.11. The SMILES string of the molecule is COc1cc2nc(N(C)C3CCCC3)nc(C3CCN(C)CC3)c2cc1OC. The predicted molar refractivity (Wildman–Crippen MR) is 113 cm³/mol. The van der Waals surface area contributed by atoms with E-state index in [4.69, 9.17) is 19.4 Å². The Morgan fingerprint density at radius 2 is 1.61 bits per heavy atom. The van der Waals surface area contributed by atoms with E-state index in [1.54, 1.807) is 14.2 Å². The number of methoxy groups -OCH3 is 2. The number of likely N-dealkylation sites (tertiary alicyclic amines) is 1. The highest BCUT2D eigenvalue weighted by Crippen LogP contribution is 2.38. The summed E-state index contributed by atoms with van der Waals surface area (Å²) in [6.45, 7) is 2.22.